The van der Waals surface area contributed by atoms with Gasteiger partial charge in [-0.1, -0.05) is 26.2 Å². The average molecular weight is 375 g/mol. The van der Waals surface area contributed by atoms with Crippen molar-refractivity contribution < 1.29 is 23.9 Å². The van der Waals surface area contributed by atoms with Crippen molar-refractivity contribution in [2.24, 2.45) is 0 Å². The van der Waals surface area contributed by atoms with E-state index in [-0.39, 0.29) is 12.5 Å². The van der Waals surface area contributed by atoms with Crippen molar-refractivity contribution in [3.63, 3.8) is 0 Å². The molecule has 2 N–H and O–H groups in total. The summed E-state index contributed by atoms with van der Waals surface area (Å²) in [6, 6.07) is -0.613. The smallest absolute Gasteiger partial charge is 0.338 e. The van der Waals surface area contributed by atoms with E-state index in [0.29, 0.717) is 13.0 Å². The Bertz CT molecular complexity index is 447. The molecular weight excluding hydrogens is 344 g/mol. The molecule has 1 aliphatic heterocycles. The Morgan fingerprint density at radius 2 is 1.92 bits per heavy atom. The molecule has 0 aromatic rings. The lowest BCUT2D eigenvalue weighted by molar-refractivity contribution is -0.144. The number of carbonyl (C=O) groups excluding carboxylic acids is 3. The highest BCUT2D eigenvalue weighted by atomic mass is 32.2. The number of ether oxygens (including phenoxy) is 2. The van der Waals surface area contributed by atoms with Crippen LogP contribution in [0.2, 0.25) is 0 Å². The summed E-state index contributed by atoms with van der Waals surface area (Å²) in [5, 5.41) is 5.57. The van der Waals surface area contributed by atoms with Crippen molar-refractivity contribution in [3.8, 4) is 0 Å². The Labute approximate surface area is 154 Å². The minimum absolute atomic E-state index is 0.188. The van der Waals surface area contributed by atoms with Gasteiger partial charge < -0.3 is 20.1 Å². The van der Waals surface area contributed by atoms with E-state index >= 15 is 0 Å². The minimum atomic E-state index is -0.854. The van der Waals surface area contributed by atoms with E-state index in [9.17, 15) is 14.4 Å². The summed E-state index contributed by atoms with van der Waals surface area (Å²) in [7, 11) is 0. The van der Waals surface area contributed by atoms with Gasteiger partial charge >= 0.3 is 5.97 Å². The summed E-state index contributed by atoms with van der Waals surface area (Å²) in [4.78, 5) is 36.0. The predicted octanol–water partition coefficient (Wildman–Crippen LogP) is 1.25. The molecule has 0 aromatic carbocycles. The van der Waals surface area contributed by atoms with Crippen LogP contribution in [0.5, 0.6) is 0 Å². The van der Waals surface area contributed by atoms with E-state index in [1.54, 1.807) is 18.7 Å². The SMILES string of the molecule is CCCCCCNC(=O)[C@H](CCSC)NC(=O)[C@H]1O[C@@H]1C(=O)OCC. The lowest BCUT2D eigenvalue weighted by Crippen LogP contribution is -2.49. The van der Waals surface area contributed by atoms with Crippen LogP contribution in [0.25, 0.3) is 0 Å². The van der Waals surface area contributed by atoms with Gasteiger partial charge in [-0.25, -0.2) is 4.79 Å². The van der Waals surface area contributed by atoms with Gasteiger partial charge in [0.05, 0.1) is 6.61 Å². The van der Waals surface area contributed by atoms with Crippen LogP contribution in [-0.4, -0.2) is 61.2 Å². The van der Waals surface area contributed by atoms with Gasteiger partial charge in [-0.05, 0) is 31.8 Å². The van der Waals surface area contributed by atoms with Gasteiger partial charge in [0.1, 0.15) is 6.04 Å². The maximum atomic E-state index is 12.3. The summed E-state index contributed by atoms with van der Waals surface area (Å²) in [6.45, 7) is 4.67. The first kappa shape index (κ1) is 21.8. The van der Waals surface area contributed by atoms with Gasteiger partial charge in [0, 0.05) is 6.54 Å². The van der Waals surface area contributed by atoms with E-state index in [2.05, 4.69) is 17.6 Å². The molecule has 1 fully saturated rings. The fourth-order valence-electron chi connectivity index (χ4n) is 2.36. The van der Waals surface area contributed by atoms with Crippen molar-refractivity contribution in [3.05, 3.63) is 0 Å². The van der Waals surface area contributed by atoms with Crippen molar-refractivity contribution in [2.75, 3.05) is 25.2 Å². The third-order valence-electron chi connectivity index (χ3n) is 3.84. The first-order valence-corrected chi connectivity index (χ1v) is 10.3. The van der Waals surface area contributed by atoms with Crippen LogP contribution < -0.4 is 10.6 Å². The maximum absolute atomic E-state index is 12.3. The Morgan fingerprint density at radius 3 is 2.56 bits per heavy atom. The Morgan fingerprint density at radius 1 is 1.16 bits per heavy atom. The molecule has 0 aliphatic carbocycles. The number of esters is 1. The molecule has 0 saturated carbocycles. The average Bonchev–Trinajstić information content (AvgIpc) is 3.39. The highest BCUT2D eigenvalue weighted by Crippen LogP contribution is 2.23. The molecule has 1 aliphatic rings. The third-order valence-corrected chi connectivity index (χ3v) is 4.49. The van der Waals surface area contributed by atoms with Crippen LogP contribution in [0, 0.1) is 0 Å². The van der Waals surface area contributed by atoms with Gasteiger partial charge in [-0.2, -0.15) is 11.8 Å². The Balaban J connectivity index is 2.42. The monoisotopic (exact) mass is 374 g/mol. The Kier molecular flexibility index (Phi) is 10.6. The first-order chi connectivity index (χ1) is 12.0. The van der Waals surface area contributed by atoms with E-state index in [1.807, 2.05) is 6.26 Å². The first-order valence-electron chi connectivity index (χ1n) is 8.94. The van der Waals surface area contributed by atoms with Crippen molar-refractivity contribution >= 4 is 29.5 Å². The molecule has 25 heavy (non-hydrogen) atoms. The third kappa shape index (κ3) is 8.09. The quantitative estimate of drug-likeness (QED) is 0.286. The highest BCUT2D eigenvalue weighted by molar-refractivity contribution is 7.98. The topological polar surface area (TPSA) is 97.0 Å². The second-order valence-corrected chi connectivity index (χ2v) is 6.91. The summed E-state index contributed by atoms with van der Waals surface area (Å²) < 4.78 is 9.90. The maximum Gasteiger partial charge on any atom is 0.338 e. The molecule has 3 atom stereocenters. The largest absolute Gasteiger partial charge is 0.464 e. The van der Waals surface area contributed by atoms with Crippen LogP contribution in [0.3, 0.4) is 0 Å². The Hall–Kier alpha value is -1.28. The van der Waals surface area contributed by atoms with Gasteiger partial charge in [0.25, 0.3) is 5.91 Å². The van der Waals surface area contributed by atoms with Crippen LogP contribution in [0.4, 0.5) is 0 Å². The molecule has 0 unspecified atom stereocenters. The standard InChI is InChI=1S/C17H30N2O5S/c1-4-6-7-8-10-18-15(20)12(9-11-25-3)19-16(21)13-14(24-13)17(22)23-5-2/h12-14H,4-11H2,1-3H3,(H,18,20)(H,19,21)/t12-,13-,14-/m0/s1. The molecule has 0 aromatic heterocycles. The number of thioether (sulfide) groups is 1. The van der Waals surface area contributed by atoms with Crippen LogP contribution in [0.1, 0.15) is 46.0 Å². The highest BCUT2D eigenvalue weighted by Gasteiger charge is 2.52. The molecule has 0 radical (unpaired) electrons. The summed E-state index contributed by atoms with van der Waals surface area (Å²) in [6.07, 6.45) is 5.08. The molecule has 7 nitrogen and oxygen atoms in total. The van der Waals surface area contributed by atoms with Gasteiger partial charge in [-0.3, -0.25) is 9.59 Å². The van der Waals surface area contributed by atoms with Crippen molar-refractivity contribution in [1.29, 1.82) is 0 Å². The molecular formula is C17H30N2O5S. The number of hydrogen-bond acceptors (Lipinski definition) is 6. The van der Waals surface area contributed by atoms with Crippen molar-refractivity contribution in [1.82, 2.24) is 10.6 Å². The fourth-order valence-corrected chi connectivity index (χ4v) is 2.83. The summed E-state index contributed by atoms with van der Waals surface area (Å²) in [5.74, 6) is -0.415. The van der Waals surface area contributed by atoms with Crippen LogP contribution in [-0.2, 0) is 23.9 Å². The zero-order valence-electron chi connectivity index (χ0n) is 15.3. The van der Waals surface area contributed by atoms with E-state index in [4.69, 9.17) is 9.47 Å². The number of amides is 2. The predicted molar refractivity (Wildman–Crippen MR) is 97.4 cm³/mol. The van der Waals surface area contributed by atoms with Gasteiger partial charge in [0.2, 0.25) is 5.91 Å². The number of hydrogen-bond donors (Lipinski definition) is 2. The number of nitrogens with one attached hydrogen (secondary N) is 2. The number of rotatable bonds is 13. The number of epoxide rings is 1. The molecule has 2 amide bonds. The van der Waals surface area contributed by atoms with Gasteiger partial charge in [0.15, 0.2) is 12.2 Å². The molecule has 0 bridgehead atoms. The minimum Gasteiger partial charge on any atom is -0.464 e. The van der Waals surface area contributed by atoms with Gasteiger partial charge in [-0.15, -0.1) is 0 Å². The zero-order chi connectivity index (χ0) is 18.7. The molecule has 1 saturated heterocycles. The van der Waals surface area contributed by atoms with E-state index in [1.165, 1.54) is 0 Å². The lowest BCUT2D eigenvalue weighted by atomic mass is 10.1. The van der Waals surface area contributed by atoms with E-state index < -0.39 is 30.1 Å². The molecule has 144 valence electrons. The number of carbonyl (C=O) groups is 3. The number of unbranched alkanes of at least 4 members (excludes halogenated alkanes) is 3. The zero-order valence-corrected chi connectivity index (χ0v) is 16.2. The lowest BCUT2D eigenvalue weighted by Gasteiger charge is -2.17. The molecule has 0 spiro atoms. The second kappa shape index (κ2) is 12.1. The summed E-state index contributed by atoms with van der Waals surface area (Å²) in [5.41, 5.74) is 0. The van der Waals surface area contributed by atoms with Crippen molar-refractivity contribution in [2.45, 2.75) is 64.2 Å². The molecule has 1 heterocycles. The van der Waals surface area contributed by atoms with Crippen LogP contribution in [0.15, 0.2) is 0 Å². The molecule has 1 rings (SSSR count). The van der Waals surface area contributed by atoms with Crippen LogP contribution >= 0.6 is 11.8 Å². The fraction of sp³-hybridized carbons (Fsp3) is 0.824. The normalized spacial score (nSPS) is 19.8. The van der Waals surface area contributed by atoms with E-state index in [0.717, 1.165) is 31.4 Å². The second-order valence-electron chi connectivity index (χ2n) is 5.92. The molecule has 8 heteroatoms. The summed E-state index contributed by atoms with van der Waals surface area (Å²) >= 11 is 1.61.